The zero-order valence-corrected chi connectivity index (χ0v) is 11.7. The maximum absolute atomic E-state index is 11.4. The van der Waals surface area contributed by atoms with Crippen molar-refractivity contribution < 1.29 is 14.3 Å². The molecule has 6 nitrogen and oxygen atoms in total. The van der Waals surface area contributed by atoms with E-state index in [0.717, 1.165) is 31.4 Å². The number of nitrogens with zero attached hydrogens (tertiary/aromatic N) is 1. The predicted molar refractivity (Wildman–Crippen MR) is 76.2 cm³/mol. The van der Waals surface area contributed by atoms with E-state index in [1.54, 1.807) is 12.4 Å². The molecule has 0 aliphatic rings. The molecule has 1 amide bonds. The fraction of sp³-hybridized carbons (Fsp3) is 0.500. The van der Waals surface area contributed by atoms with E-state index in [2.05, 4.69) is 20.2 Å². The van der Waals surface area contributed by atoms with Crippen LogP contribution in [0.4, 0.5) is 0 Å². The summed E-state index contributed by atoms with van der Waals surface area (Å²) in [6.45, 7) is 0. The van der Waals surface area contributed by atoms with Crippen LogP contribution in [0.5, 0.6) is 0 Å². The number of carbonyl (C=O) groups excluding carboxylic acids is 2. The molecule has 1 aromatic rings. The summed E-state index contributed by atoms with van der Waals surface area (Å²) in [5.74, 6) is -0.276. The molecule has 0 saturated heterocycles. The maximum Gasteiger partial charge on any atom is 0.305 e. The average molecular weight is 279 g/mol. The number of aromatic nitrogens is 1. The monoisotopic (exact) mass is 279 g/mol. The molecule has 20 heavy (non-hydrogen) atoms. The van der Waals surface area contributed by atoms with E-state index in [4.69, 9.17) is 0 Å². The van der Waals surface area contributed by atoms with Crippen molar-refractivity contribution in [1.29, 1.82) is 0 Å². The van der Waals surface area contributed by atoms with Crippen LogP contribution < -0.4 is 5.43 Å². The number of aromatic amines is 1. The third-order valence-corrected chi connectivity index (χ3v) is 2.78. The largest absolute Gasteiger partial charge is 0.469 e. The molecule has 1 rings (SSSR count). The van der Waals surface area contributed by atoms with E-state index in [1.807, 2.05) is 12.1 Å². The van der Waals surface area contributed by atoms with Crippen LogP contribution in [0.3, 0.4) is 0 Å². The van der Waals surface area contributed by atoms with Crippen molar-refractivity contribution in [3.8, 4) is 0 Å². The summed E-state index contributed by atoms with van der Waals surface area (Å²) in [6.07, 6.45) is 7.69. The van der Waals surface area contributed by atoms with Crippen LogP contribution in [0, 0.1) is 0 Å². The summed E-state index contributed by atoms with van der Waals surface area (Å²) >= 11 is 0. The van der Waals surface area contributed by atoms with Gasteiger partial charge in [0.15, 0.2) is 0 Å². The number of ether oxygens (including phenoxy) is 1. The minimum absolute atomic E-state index is 0.0965. The molecule has 0 saturated carbocycles. The van der Waals surface area contributed by atoms with Crippen LogP contribution in [0.25, 0.3) is 0 Å². The molecule has 0 aromatic carbocycles. The molecule has 0 aliphatic carbocycles. The highest BCUT2D eigenvalue weighted by Crippen LogP contribution is 2.05. The topological polar surface area (TPSA) is 83.6 Å². The number of amides is 1. The van der Waals surface area contributed by atoms with Gasteiger partial charge in [-0.15, -0.1) is 0 Å². The normalized spacial score (nSPS) is 10.7. The van der Waals surface area contributed by atoms with Crippen molar-refractivity contribution in [2.75, 3.05) is 7.11 Å². The molecule has 0 atom stereocenters. The Kier molecular flexibility index (Phi) is 7.79. The summed E-state index contributed by atoms with van der Waals surface area (Å²) in [7, 11) is 1.39. The number of esters is 1. The average Bonchev–Trinajstić information content (AvgIpc) is 2.95. The Morgan fingerprint density at radius 1 is 1.30 bits per heavy atom. The van der Waals surface area contributed by atoms with Gasteiger partial charge in [-0.2, -0.15) is 5.10 Å². The second-order valence-electron chi connectivity index (χ2n) is 4.41. The molecule has 1 heterocycles. The first-order valence-electron chi connectivity index (χ1n) is 6.74. The van der Waals surface area contributed by atoms with Crippen LogP contribution in [0.15, 0.2) is 23.4 Å². The highest BCUT2D eigenvalue weighted by Gasteiger charge is 2.01. The summed E-state index contributed by atoms with van der Waals surface area (Å²) in [4.78, 5) is 25.3. The van der Waals surface area contributed by atoms with E-state index in [1.165, 1.54) is 7.11 Å². The van der Waals surface area contributed by atoms with Gasteiger partial charge in [0.2, 0.25) is 5.91 Å². The molecule has 6 heteroatoms. The fourth-order valence-electron chi connectivity index (χ4n) is 1.66. The second-order valence-corrected chi connectivity index (χ2v) is 4.41. The molecule has 110 valence electrons. The number of hydrogen-bond acceptors (Lipinski definition) is 4. The molecule has 0 fully saturated rings. The van der Waals surface area contributed by atoms with E-state index in [-0.39, 0.29) is 11.9 Å². The van der Waals surface area contributed by atoms with Crippen molar-refractivity contribution in [2.45, 2.75) is 38.5 Å². The van der Waals surface area contributed by atoms with Crippen LogP contribution in [0.1, 0.15) is 44.2 Å². The second kappa shape index (κ2) is 9.77. The first-order chi connectivity index (χ1) is 9.72. The van der Waals surface area contributed by atoms with Crippen LogP contribution in [-0.2, 0) is 14.3 Å². The molecule has 0 unspecified atom stereocenters. The predicted octanol–water partition coefficient (Wildman–Crippen LogP) is 1.98. The van der Waals surface area contributed by atoms with Gasteiger partial charge in [0.05, 0.1) is 19.0 Å². The fourth-order valence-corrected chi connectivity index (χ4v) is 1.66. The van der Waals surface area contributed by atoms with Gasteiger partial charge in [-0.1, -0.05) is 12.8 Å². The van der Waals surface area contributed by atoms with Gasteiger partial charge in [0.25, 0.3) is 0 Å². The summed E-state index contributed by atoms with van der Waals surface area (Å²) in [6, 6.07) is 3.72. The van der Waals surface area contributed by atoms with Crippen molar-refractivity contribution in [1.82, 2.24) is 10.4 Å². The van der Waals surface area contributed by atoms with Crippen LogP contribution >= 0.6 is 0 Å². The molecule has 0 bridgehead atoms. The lowest BCUT2D eigenvalue weighted by atomic mass is 10.1. The first-order valence-corrected chi connectivity index (χ1v) is 6.74. The Bertz CT molecular complexity index is 427. The number of methoxy groups -OCH3 is 1. The molecular weight excluding hydrogens is 258 g/mol. The van der Waals surface area contributed by atoms with Gasteiger partial charge in [0, 0.05) is 19.0 Å². The Morgan fingerprint density at radius 3 is 2.70 bits per heavy atom. The van der Waals surface area contributed by atoms with E-state index >= 15 is 0 Å². The van der Waals surface area contributed by atoms with Crippen molar-refractivity contribution in [2.24, 2.45) is 5.10 Å². The van der Waals surface area contributed by atoms with Gasteiger partial charge < -0.3 is 9.72 Å². The van der Waals surface area contributed by atoms with Crippen LogP contribution in [0.2, 0.25) is 0 Å². The minimum Gasteiger partial charge on any atom is -0.469 e. The lowest BCUT2D eigenvalue weighted by Crippen LogP contribution is -2.16. The lowest BCUT2D eigenvalue weighted by Gasteiger charge is -2.01. The van der Waals surface area contributed by atoms with E-state index < -0.39 is 0 Å². The van der Waals surface area contributed by atoms with Gasteiger partial charge in [-0.3, -0.25) is 9.59 Å². The SMILES string of the molecule is COC(=O)CCCCCCC(=O)N/N=C/c1ccc[nH]1. The summed E-state index contributed by atoms with van der Waals surface area (Å²) in [5, 5.41) is 3.85. The van der Waals surface area contributed by atoms with E-state index in [9.17, 15) is 9.59 Å². The molecule has 0 aliphatic heterocycles. The Labute approximate surface area is 118 Å². The molecule has 0 spiro atoms. The number of H-pyrrole nitrogens is 1. The van der Waals surface area contributed by atoms with Crippen molar-refractivity contribution >= 4 is 18.1 Å². The number of hydrazone groups is 1. The van der Waals surface area contributed by atoms with Gasteiger partial charge in [0.1, 0.15) is 0 Å². The smallest absolute Gasteiger partial charge is 0.305 e. The highest BCUT2D eigenvalue weighted by atomic mass is 16.5. The van der Waals surface area contributed by atoms with Crippen LogP contribution in [-0.4, -0.2) is 30.2 Å². The highest BCUT2D eigenvalue weighted by molar-refractivity contribution is 5.80. The van der Waals surface area contributed by atoms with E-state index in [0.29, 0.717) is 12.8 Å². The quantitative estimate of drug-likeness (QED) is 0.314. The number of hydrogen-bond donors (Lipinski definition) is 2. The summed E-state index contributed by atoms with van der Waals surface area (Å²) in [5.41, 5.74) is 3.32. The van der Waals surface area contributed by atoms with Crippen molar-refractivity contribution in [3.63, 3.8) is 0 Å². The number of nitrogens with one attached hydrogen (secondary N) is 2. The standard InChI is InChI=1S/C14H21N3O3/c1-20-14(19)9-5-3-2-4-8-13(18)17-16-11-12-7-6-10-15-12/h6-7,10-11,15H,2-5,8-9H2,1H3,(H,17,18)/b16-11+. The zero-order chi connectivity index (χ0) is 14.6. The molecule has 1 aromatic heterocycles. The minimum atomic E-state index is -0.179. The number of rotatable bonds is 9. The molecular formula is C14H21N3O3. The summed E-state index contributed by atoms with van der Waals surface area (Å²) < 4.78 is 4.55. The van der Waals surface area contributed by atoms with Gasteiger partial charge >= 0.3 is 5.97 Å². The molecule has 2 N–H and O–H groups in total. The third kappa shape index (κ3) is 7.35. The first kappa shape index (κ1) is 15.9. The van der Waals surface area contributed by atoms with Gasteiger partial charge in [-0.25, -0.2) is 5.43 Å². The van der Waals surface area contributed by atoms with Gasteiger partial charge in [-0.05, 0) is 25.0 Å². The zero-order valence-electron chi connectivity index (χ0n) is 11.7. The maximum atomic E-state index is 11.4. The Hall–Kier alpha value is -2.11. The third-order valence-electron chi connectivity index (χ3n) is 2.78. The molecule has 0 radical (unpaired) electrons. The lowest BCUT2D eigenvalue weighted by molar-refractivity contribution is -0.140. The van der Waals surface area contributed by atoms with Crippen molar-refractivity contribution in [3.05, 3.63) is 24.0 Å². The number of carbonyl (C=O) groups is 2. The Balaban J connectivity index is 1.99. The Morgan fingerprint density at radius 2 is 2.05 bits per heavy atom. The number of unbranched alkanes of at least 4 members (excludes halogenated alkanes) is 3.